The van der Waals surface area contributed by atoms with Gasteiger partial charge in [-0.3, -0.25) is 0 Å². The summed E-state index contributed by atoms with van der Waals surface area (Å²) in [6, 6.07) is 0. The topological polar surface area (TPSA) is 46.2 Å². The van der Waals surface area contributed by atoms with Gasteiger partial charge >= 0.3 is 0 Å². The van der Waals surface area contributed by atoms with Crippen LogP contribution in [0.1, 0.15) is 40.5 Å². The second-order valence-corrected chi connectivity index (χ2v) is 7.12. The smallest absolute Gasteiger partial charge is 0.209 e. The summed E-state index contributed by atoms with van der Waals surface area (Å²) in [7, 11) is -3.11. The average molecular weight is 219 g/mol. The van der Waals surface area contributed by atoms with Crippen molar-refractivity contribution >= 4 is 10.0 Å². The van der Waals surface area contributed by atoms with Crippen molar-refractivity contribution in [2.24, 2.45) is 11.3 Å². The maximum absolute atomic E-state index is 11.3. The maximum Gasteiger partial charge on any atom is 0.209 e. The molecule has 0 heterocycles. The highest BCUT2D eigenvalue weighted by Gasteiger charge is 2.50. The minimum atomic E-state index is -3.11. The molecule has 1 N–H and O–H groups in total. The van der Waals surface area contributed by atoms with E-state index in [2.05, 4.69) is 25.5 Å². The van der Waals surface area contributed by atoms with Crippen molar-refractivity contribution in [3.63, 3.8) is 0 Å². The van der Waals surface area contributed by atoms with Crippen LogP contribution in [0.4, 0.5) is 0 Å². The molecule has 84 valence electrons. The molecule has 0 aromatic heterocycles. The van der Waals surface area contributed by atoms with Crippen molar-refractivity contribution in [1.82, 2.24) is 4.72 Å². The Kier molecular flexibility index (Phi) is 2.74. The van der Waals surface area contributed by atoms with Crippen LogP contribution < -0.4 is 4.72 Å². The molecule has 0 aromatic carbocycles. The van der Waals surface area contributed by atoms with Crippen molar-refractivity contribution in [2.75, 3.05) is 6.26 Å². The molecule has 1 fully saturated rings. The standard InChI is InChI=1S/C10H21NO2S/c1-8-6-7-10(4,9(8,2)3)11-14(5,12)13/h8,11H,6-7H2,1-5H3/t8?,10-/m0/s1. The Balaban J connectivity index is 2.96. The van der Waals surface area contributed by atoms with Crippen molar-refractivity contribution in [2.45, 2.75) is 46.1 Å². The molecule has 1 rings (SSSR count). The van der Waals surface area contributed by atoms with Crippen LogP contribution in [0.25, 0.3) is 0 Å². The first-order valence-corrected chi connectivity index (χ1v) is 6.96. The predicted molar refractivity (Wildman–Crippen MR) is 58.6 cm³/mol. The van der Waals surface area contributed by atoms with Crippen LogP contribution in [-0.2, 0) is 10.0 Å². The molecular formula is C10H21NO2S. The van der Waals surface area contributed by atoms with E-state index in [1.807, 2.05) is 6.92 Å². The van der Waals surface area contributed by atoms with Gasteiger partial charge in [-0.2, -0.15) is 0 Å². The summed E-state index contributed by atoms with van der Waals surface area (Å²) in [6.07, 6.45) is 3.25. The molecule has 1 aliphatic carbocycles. The van der Waals surface area contributed by atoms with Crippen LogP contribution in [-0.4, -0.2) is 20.2 Å². The Hall–Kier alpha value is -0.0900. The molecule has 0 saturated heterocycles. The minimum absolute atomic E-state index is 0.0239. The summed E-state index contributed by atoms with van der Waals surface area (Å²) in [5.74, 6) is 0.557. The molecule has 1 aliphatic rings. The van der Waals surface area contributed by atoms with Crippen LogP contribution in [0, 0.1) is 11.3 Å². The van der Waals surface area contributed by atoms with E-state index in [-0.39, 0.29) is 11.0 Å². The van der Waals surface area contributed by atoms with E-state index in [0.29, 0.717) is 5.92 Å². The molecule has 1 saturated carbocycles. The van der Waals surface area contributed by atoms with Crippen LogP contribution in [0.5, 0.6) is 0 Å². The van der Waals surface area contributed by atoms with Gasteiger partial charge in [0.05, 0.1) is 6.26 Å². The largest absolute Gasteiger partial charge is 0.213 e. The molecule has 2 atom stereocenters. The summed E-state index contributed by atoms with van der Waals surface area (Å²) in [5.41, 5.74) is -0.268. The van der Waals surface area contributed by atoms with Crippen molar-refractivity contribution in [1.29, 1.82) is 0 Å². The number of hydrogen-bond donors (Lipinski definition) is 1. The maximum atomic E-state index is 11.3. The molecular weight excluding hydrogens is 198 g/mol. The zero-order valence-electron chi connectivity index (χ0n) is 9.72. The Morgan fingerprint density at radius 3 is 2.07 bits per heavy atom. The fourth-order valence-electron chi connectivity index (χ4n) is 2.32. The zero-order valence-corrected chi connectivity index (χ0v) is 10.5. The van der Waals surface area contributed by atoms with E-state index < -0.39 is 10.0 Å². The van der Waals surface area contributed by atoms with Crippen LogP contribution in [0.3, 0.4) is 0 Å². The first-order valence-electron chi connectivity index (χ1n) is 5.07. The number of nitrogens with one attached hydrogen (secondary N) is 1. The number of hydrogen-bond acceptors (Lipinski definition) is 2. The van der Waals surface area contributed by atoms with Crippen LogP contribution >= 0.6 is 0 Å². The van der Waals surface area contributed by atoms with Crippen LogP contribution in [0.2, 0.25) is 0 Å². The minimum Gasteiger partial charge on any atom is -0.213 e. The van der Waals surface area contributed by atoms with E-state index in [1.165, 1.54) is 6.26 Å². The lowest BCUT2D eigenvalue weighted by Crippen LogP contribution is -2.53. The average Bonchev–Trinajstić information content (AvgIpc) is 2.11. The van der Waals surface area contributed by atoms with Crippen molar-refractivity contribution in [3.8, 4) is 0 Å². The zero-order chi connectivity index (χ0) is 11.2. The van der Waals surface area contributed by atoms with Gasteiger partial charge in [0.1, 0.15) is 0 Å². The lowest BCUT2D eigenvalue weighted by Gasteiger charge is -2.40. The fraction of sp³-hybridized carbons (Fsp3) is 1.00. The second-order valence-electron chi connectivity index (χ2n) is 5.37. The summed E-state index contributed by atoms with van der Waals surface area (Å²) >= 11 is 0. The molecule has 3 nitrogen and oxygen atoms in total. The monoisotopic (exact) mass is 219 g/mol. The normalized spacial score (nSPS) is 37.4. The molecule has 0 radical (unpaired) electrons. The molecule has 0 aliphatic heterocycles. The quantitative estimate of drug-likeness (QED) is 0.769. The fourth-order valence-corrected chi connectivity index (χ4v) is 3.51. The highest BCUT2D eigenvalue weighted by atomic mass is 32.2. The summed E-state index contributed by atoms with van der Waals surface area (Å²) in [4.78, 5) is 0. The van der Waals surface area contributed by atoms with E-state index in [0.717, 1.165) is 12.8 Å². The van der Waals surface area contributed by atoms with Gasteiger partial charge in [0.2, 0.25) is 10.0 Å². The molecule has 1 unspecified atom stereocenters. The van der Waals surface area contributed by atoms with E-state index >= 15 is 0 Å². The summed E-state index contributed by atoms with van der Waals surface area (Å²) < 4.78 is 25.3. The molecule has 14 heavy (non-hydrogen) atoms. The van der Waals surface area contributed by atoms with Gasteiger partial charge in [-0.05, 0) is 31.1 Å². The van der Waals surface area contributed by atoms with Crippen molar-refractivity contribution < 1.29 is 8.42 Å². The Morgan fingerprint density at radius 1 is 1.29 bits per heavy atom. The SMILES string of the molecule is CC1CC[C@](C)(NS(C)(=O)=O)C1(C)C. The van der Waals surface area contributed by atoms with E-state index in [1.54, 1.807) is 0 Å². The Labute approximate surface area is 87.3 Å². The van der Waals surface area contributed by atoms with Crippen LogP contribution in [0.15, 0.2) is 0 Å². The van der Waals surface area contributed by atoms with Gasteiger partial charge in [-0.15, -0.1) is 0 Å². The van der Waals surface area contributed by atoms with Gasteiger partial charge < -0.3 is 0 Å². The first-order chi connectivity index (χ1) is 6.08. The Bertz CT molecular complexity index is 321. The van der Waals surface area contributed by atoms with Gasteiger partial charge in [-0.25, -0.2) is 13.1 Å². The lowest BCUT2D eigenvalue weighted by molar-refractivity contribution is 0.160. The van der Waals surface area contributed by atoms with Gasteiger partial charge in [0.25, 0.3) is 0 Å². The Morgan fingerprint density at radius 2 is 1.79 bits per heavy atom. The molecule has 0 aromatic rings. The van der Waals surface area contributed by atoms with Crippen molar-refractivity contribution in [3.05, 3.63) is 0 Å². The highest BCUT2D eigenvalue weighted by molar-refractivity contribution is 7.88. The van der Waals surface area contributed by atoms with Gasteiger partial charge in [0, 0.05) is 5.54 Å². The predicted octanol–water partition coefficient (Wildman–Crippen LogP) is 1.75. The number of sulfonamides is 1. The summed E-state index contributed by atoms with van der Waals surface area (Å²) in [6.45, 7) is 8.48. The molecule has 0 spiro atoms. The highest BCUT2D eigenvalue weighted by Crippen LogP contribution is 2.49. The van der Waals surface area contributed by atoms with Gasteiger partial charge in [-0.1, -0.05) is 20.8 Å². The third kappa shape index (κ3) is 1.96. The second kappa shape index (κ2) is 3.20. The first kappa shape index (κ1) is 12.0. The third-order valence-corrected chi connectivity index (χ3v) is 4.96. The van der Waals surface area contributed by atoms with E-state index in [4.69, 9.17) is 0 Å². The van der Waals surface area contributed by atoms with E-state index in [9.17, 15) is 8.42 Å². The number of rotatable bonds is 2. The molecule has 4 heteroatoms. The molecule has 0 bridgehead atoms. The molecule has 0 amide bonds. The van der Waals surface area contributed by atoms with Gasteiger partial charge in [0.15, 0.2) is 0 Å². The third-order valence-electron chi connectivity index (χ3n) is 4.14. The summed E-state index contributed by atoms with van der Waals surface area (Å²) in [5, 5.41) is 0. The lowest BCUT2D eigenvalue weighted by atomic mass is 9.72.